The molecule has 0 spiro atoms. The van der Waals surface area contributed by atoms with Crippen molar-refractivity contribution in [3.8, 4) is 0 Å². The van der Waals surface area contributed by atoms with Gasteiger partial charge >= 0.3 is 0 Å². The summed E-state index contributed by atoms with van der Waals surface area (Å²) < 4.78 is 0.905. The summed E-state index contributed by atoms with van der Waals surface area (Å²) in [5.74, 6) is 1.94. The minimum Gasteiger partial charge on any atom is -0.364 e. The van der Waals surface area contributed by atoms with Crippen LogP contribution >= 0.6 is 24.0 Å². The Kier molecular flexibility index (Phi) is 7.84. The van der Waals surface area contributed by atoms with Gasteiger partial charge in [-0.25, -0.2) is 0 Å². The summed E-state index contributed by atoms with van der Waals surface area (Å²) in [7, 11) is 3.98. The molecular weight excluding hydrogens is 308 g/mol. The molecule has 0 saturated carbocycles. The Hall–Kier alpha value is -0.610. The fourth-order valence-corrected chi connectivity index (χ4v) is 3.73. The minimum atomic E-state index is 0.279. The summed E-state index contributed by atoms with van der Waals surface area (Å²) in [6.45, 7) is 11.4. The van der Waals surface area contributed by atoms with Crippen molar-refractivity contribution in [2.45, 2.75) is 52.2 Å². The Balaban J connectivity index is 2.94. The Morgan fingerprint density at radius 1 is 1.23 bits per heavy atom. The second kappa shape index (κ2) is 8.88. The molecule has 4 heteroatoms. The maximum absolute atomic E-state index is 5.40. The average Bonchev–Trinajstić information content (AvgIpc) is 2.44. The molecule has 1 rings (SSSR count). The van der Waals surface area contributed by atoms with Gasteiger partial charge in [-0.1, -0.05) is 51.7 Å². The Morgan fingerprint density at radius 3 is 2.36 bits per heavy atom. The van der Waals surface area contributed by atoms with E-state index in [4.69, 9.17) is 12.2 Å². The summed E-state index contributed by atoms with van der Waals surface area (Å²) >= 11 is 7.10. The summed E-state index contributed by atoms with van der Waals surface area (Å²) in [5, 5.41) is 0.279. The van der Waals surface area contributed by atoms with Crippen LogP contribution in [0.4, 0.5) is 0 Å². The lowest BCUT2D eigenvalue weighted by atomic mass is 9.82. The van der Waals surface area contributed by atoms with Gasteiger partial charge in [0.15, 0.2) is 0 Å². The molecule has 2 nitrogen and oxygen atoms in total. The highest BCUT2D eigenvalue weighted by Crippen LogP contribution is 2.34. The largest absolute Gasteiger partial charge is 0.364 e. The van der Waals surface area contributed by atoms with Gasteiger partial charge in [-0.3, -0.25) is 4.98 Å². The lowest BCUT2D eigenvalue weighted by Gasteiger charge is -2.24. The van der Waals surface area contributed by atoms with E-state index in [2.05, 4.69) is 51.7 Å². The van der Waals surface area contributed by atoms with E-state index in [0.29, 0.717) is 17.8 Å². The van der Waals surface area contributed by atoms with Gasteiger partial charge < -0.3 is 4.90 Å². The highest BCUT2D eigenvalue weighted by molar-refractivity contribution is 8.23. The Morgan fingerprint density at radius 2 is 1.86 bits per heavy atom. The van der Waals surface area contributed by atoms with Crippen LogP contribution < -0.4 is 0 Å². The summed E-state index contributed by atoms with van der Waals surface area (Å²) in [6, 6.07) is 4.46. The smallest absolute Gasteiger partial charge is 0.136 e. The second-order valence-corrected chi connectivity index (χ2v) is 8.89. The minimum absolute atomic E-state index is 0.279. The van der Waals surface area contributed by atoms with Crippen LogP contribution in [0.2, 0.25) is 0 Å². The van der Waals surface area contributed by atoms with Crippen LogP contribution in [0.5, 0.6) is 0 Å². The molecule has 1 aromatic rings. The van der Waals surface area contributed by atoms with Gasteiger partial charge in [-0.05, 0) is 48.8 Å². The van der Waals surface area contributed by atoms with Crippen LogP contribution in [0.1, 0.15) is 63.5 Å². The maximum atomic E-state index is 5.40. The molecule has 0 aromatic carbocycles. The first-order valence-corrected chi connectivity index (χ1v) is 9.34. The van der Waals surface area contributed by atoms with Crippen molar-refractivity contribution in [2.24, 2.45) is 11.8 Å². The number of hydrogen-bond acceptors (Lipinski definition) is 3. The third-order valence-electron chi connectivity index (χ3n) is 3.82. The zero-order chi connectivity index (χ0) is 16.9. The molecule has 0 bridgehead atoms. The lowest BCUT2D eigenvalue weighted by molar-refractivity contribution is 0.407. The van der Waals surface area contributed by atoms with E-state index in [1.807, 2.05) is 25.2 Å². The van der Waals surface area contributed by atoms with E-state index in [1.54, 1.807) is 11.8 Å². The lowest BCUT2D eigenvalue weighted by Crippen LogP contribution is -2.17. The van der Waals surface area contributed by atoms with E-state index in [-0.39, 0.29) is 5.25 Å². The van der Waals surface area contributed by atoms with Gasteiger partial charge in [0.1, 0.15) is 4.32 Å². The first kappa shape index (κ1) is 19.4. The molecule has 2 atom stereocenters. The number of hydrogen-bond donors (Lipinski definition) is 0. The Labute approximate surface area is 146 Å². The van der Waals surface area contributed by atoms with E-state index in [0.717, 1.165) is 10.0 Å². The molecule has 22 heavy (non-hydrogen) atoms. The monoisotopic (exact) mass is 338 g/mol. The molecule has 0 aliphatic carbocycles. The zero-order valence-electron chi connectivity index (χ0n) is 15.0. The van der Waals surface area contributed by atoms with Gasteiger partial charge in [0.05, 0.1) is 10.9 Å². The molecule has 0 saturated heterocycles. The molecule has 0 N–H and O–H groups in total. The van der Waals surface area contributed by atoms with Gasteiger partial charge in [0.25, 0.3) is 0 Å². The SMILES string of the molecule is CC(C)CC(c1ccnc(C(C)SC(=S)N(C)C)c1)C(C)C. The first-order valence-electron chi connectivity index (χ1n) is 8.06. The second-order valence-electron chi connectivity index (χ2n) is 6.91. The van der Waals surface area contributed by atoms with Gasteiger partial charge in [-0.15, -0.1) is 0 Å². The van der Waals surface area contributed by atoms with Crippen LogP contribution in [0.25, 0.3) is 0 Å². The van der Waals surface area contributed by atoms with E-state index in [9.17, 15) is 0 Å². The molecule has 124 valence electrons. The zero-order valence-corrected chi connectivity index (χ0v) is 16.6. The summed E-state index contributed by atoms with van der Waals surface area (Å²) in [6.07, 6.45) is 3.18. The number of nitrogens with zero attached hydrogens (tertiary/aromatic N) is 2. The van der Waals surface area contributed by atoms with Crippen LogP contribution in [0.3, 0.4) is 0 Å². The number of rotatable bonds is 6. The van der Waals surface area contributed by atoms with E-state index >= 15 is 0 Å². The van der Waals surface area contributed by atoms with Crippen LogP contribution in [0.15, 0.2) is 18.3 Å². The highest BCUT2D eigenvalue weighted by Gasteiger charge is 2.19. The number of thiocarbonyl (C=S) groups is 1. The summed E-state index contributed by atoms with van der Waals surface area (Å²) in [4.78, 5) is 6.56. The molecular formula is C18H30N2S2. The first-order chi connectivity index (χ1) is 10.2. The number of aromatic nitrogens is 1. The van der Waals surface area contributed by atoms with E-state index in [1.165, 1.54) is 12.0 Å². The van der Waals surface area contributed by atoms with Crippen LogP contribution in [-0.4, -0.2) is 28.3 Å². The van der Waals surface area contributed by atoms with Crippen LogP contribution in [-0.2, 0) is 0 Å². The summed E-state index contributed by atoms with van der Waals surface area (Å²) in [5.41, 5.74) is 2.54. The maximum Gasteiger partial charge on any atom is 0.136 e. The van der Waals surface area contributed by atoms with Gasteiger partial charge in [-0.2, -0.15) is 0 Å². The molecule has 0 fully saturated rings. The predicted octanol–water partition coefficient (Wildman–Crippen LogP) is 5.51. The normalized spacial score (nSPS) is 14.2. The van der Waals surface area contributed by atoms with Crippen molar-refractivity contribution >= 4 is 28.3 Å². The fourth-order valence-electron chi connectivity index (χ4n) is 2.54. The number of thioether (sulfide) groups is 1. The van der Waals surface area contributed by atoms with Gasteiger partial charge in [0, 0.05) is 20.3 Å². The van der Waals surface area contributed by atoms with Crippen molar-refractivity contribution < 1.29 is 0 Å². The van der Waals surface area contributed by atoms with Crippen LogP contribution in [0, 0.1) is 11.8 Å². The quantitative estimate of drug-likeness (QED) is 0.636. The molecule has 1 aromatic heterocycles. The Bertz CT molecular complexity index is 484. The average molecular weight is 339 g/mol. The molecule has 1 heterocycles. The van der Waals surface area contributed by atoms with E-state index < -0.39 is 0 Å². The highest BCUT2D eigenvalue weighted by atomic mass is 32.2. The molecule has 0 aliphatic heterocycles. The van der Waals surface area contributed by atoms with Crippen molar-refractivity contribution in [3.05, 3.63) is 29.6 Å². The van der Waals surface area contributed by atoms with Crippen molar-refractivity contribution in [1.82, 2.24) is 9.88 Å². The van der Waals surface area contributed by atoms with Crippen molar-refractivity contribution in [2.75, 3.05) is 14.1 Å². The standard InChI is InChI=1S/C18H30N2S2/c1-12(2)10-16(13(3)4)15-8-9-19-17(11-15)14(5)22-18(21)20(6)7/h8-9,11-14,16H,10H2,1-7H3. The van der Waals surface area contributed by atoms with Gasteiger partial charge in [0.2, 0.25) is 0 Å². The molecule has 0 radical (unpaired) electrons. The third kappa shape index (κ3) is 5.88. The molecule has 2 unspecified atom stereocenters. The fraction of sp³-hybridized carbons (Fsp3) is 0.667. The predicted molar refractivity (Wildman–Crippen MR) is 104 cm³/mol. The van der Waals surface area contributed by atoms with Crippen molar-refractivity contribution in [1.29, 1.82) is 0 Å². The topological polar surface area (TPSA) is 16.1 Å². The molecule has 0 amide bonds. The third-order valence-corrected chi connectivity index (χ3v) is 5.64. The number of pyridine rings is 1. The van der Waals surface area contributed by atoms with Crippen molar-refractivity contribution in [3.63, 3.8) is 0 Å². The molecule has 0 aliphatic rings.